The van der Waals surface area contributed by atoms with Crippen LogP contribution in [0.1, 0.15) is 36.0 Å². The van der Waals surface area contributed by atoms with E-state index < -0.39 is 16.1 Å². The van der Waals surface area contributed by atoms with Gasteiger partial charge in [-0.3, -0.25) is 4.31 Å². The molecule has 0 aromatic heterocycles. The van der Waals surface area contributed by atoms with Gasteiger partial charge in [0, 0.05) is 6.54 Å². The molecule has 1 aromatic carbocycles. The first-order valence-electron chi connectivity index (χ1n) is 8.64. The second-order valence-electron chi connectivity index (χ2n) is 7.06. The Balaban J connectivity index is 2.20. The Morgan fingerprint density at radius 2 is 1.67 bits per heavy atom. The van der Waals surface area contributed by atoms with Crippen LogP contribution in [0.2, 0.25) is 0 Å². The van der Waals surface area contributed by atoms with Crippen molar-refractivity contribution in [1.29, 1.82) is 0 Å². The van der Waals surface area contributed by atoms with Crippen LogP contribution in [-0.2, 0) is 10.0 Å². The molecule has 0 spiro atoms. The maximum absolute atomic E-state index is 12.4. The van der Waals surface area contributed by atoms with Crippen LogP contribution in [0, 0.1) is 20.8 Å². The van der Waals surface area contributed by atoms with Crippen molar-refractivity contribution in [3.63, 3.8) is 0 Å². The highest BCUT2D eigenvalue weighted by Gasteiger charge is 2.25. The molecule has 1 atom stereocenters. The number of likely N-dealkylation sites (tertiary alicyclic amines) is 1. The fourth-order valence-corrected chi connectivity index (χ4v) is 4.71. The molecule has 1 aromatic rings. The number of nitrogens with zero attached hydrogens (tertiary/aromatic N) is 2. The number of rotatable bonds is 6. The number of anilines is 1. The van der Waals surface area contributed by atoms with Gasteiger partial charge in [0.2, 0.25) is 10.0 Å². The standard InChI is InChI=1S/C18H30N2O3S/c1-14-10-15(2)18(16(3)11-14)20(24(4,22)23)13-17(21)12-19-8-6-5-7-9-19/h10-11,17,21H,5-9,12-13H2,1-4H3. The zero-order chi connectivity index (χ0) is 17.9. The van der Waals surface area contributed by atoms with E-state index in [2.05, 4.69) is 4.90 Å². The van der Waals surface area contributed by atoms with Gasteiger partial charge in [-0.15, -0.1) is 0 Å². The van der Waals surface area contributed by atoms with Crippen LogP contribution < -0.4 is 4.31 Å². The Morgan fingerprint density at radius 3 is 2.17 bits per heavy atom. The Labute approximate surface area is 146 Å². The summed E-state index contributed by atoms with van der Waals surface area (Å²) in [5.74, 6) is 0. The van der Waals surface area contributed by atoms with Crippen LogP contribution in [-0.4, -0.2) is 57.0 Å². The number of aliphatic hydroxyl groups excluding tert-OH is 1. The fraction of sp³-hybridized carbons (Fsp3) is 0.667. The van der Waals surface area contributed by atoms with Crippen LogP contribution in [0.5, 0.6) is 0 Å². The molecule has 0 amide bonds. The van der Waals surface area contributed by atoms with Gasteiger partial charge in [-0.1, -0.05) is 24.1 Å². The second kappa shape index (κ2) is 7.85. The molecule has 1 aliphatic rings. The summed E-state index contributed by atoms with van der Waals surface area (Å²) in [5, 5.41) is 10.5. The summed E-state index contributed by atoms with van der Waals surface area (Å²) >= 11 is 0. The average molecular weight is 355 g/mol. The summed E-state index contributed by atoms with van der Waals surface area (Å²) < 4.78 is 26.1. The quantitative estimate of drug-likeness (QED) is 0.851. The molecule has 0 bridgehead atoms. The number of β-amino-alcohol motifs (C(OH)–C–C–N with tert-alkyl or cyclic N) is 1. The number of hydrogen-bond acceptors (Lipinski definition) is 4. The van der Waals surface area contributed by atoms with Crippen molar-refractivity contribution in [3.8, 4) is 0 Å². The van der Waals surface area contributed by atoms with Crippen molar-refractivity contribution in [2.45, 2.75) is 46.1 Å². The number of hydrogen-bond donors (Lipinski definition) is 1. The van der Waals surface area contributed by atoms with Crippen LogP contribution >= 0.6 is 0 Å². The van der Waals surface area contributed by atoms with Crippen molar-refractivity contribution in [2.75, 3.05) is 36.7 Å². The molecule has 2 rings (SSSR count). The zero-order valence-corrected chi connectivity index (χ0v) is 16.1. The highest BCUT2D eigenvalue weighted by atomic mass is 32.2. The third-order valence-corrected chi connectivity index (χ3v) is 5.71. The number of aliphatic hydroxyl groups is 1. The average Bonchev–Trinajstić information content (AvgIpc) is 2.45. The predicted octanol–water partition coefficient (Wildman–Crippen LogP) is 2.22. The predicted molar refractivity (Wildman–Crippen MR) is 99.1 cm³/mol. The molecule has 0 radical (unpaired) electrons. The smallest absolute Gasteiger partial charge is 0.232 e. The van der Waals surface area contributed by atoms with Gasteiger partial charge in [0.15, 0.2) is 0 Å². The maximum atomic E-state index is 12.4. The van der Waals surface area contributed by atoms with Crippen LogP contribution in [0.3, 0.4) is 0 Å². The molecule has 1 heterocycles. The van der Waals surface area contributed by atoms with Crippen molar-refractivity contribution in [1.82, 2.24) is 4.90 Å². The Hall–Kier alpha value is -1.11. The first-order valence-corrected chi connectivity index (χ1v) is 10.5. The fourth-order valence-electron chi connectivity index (χ4n) is 3.65. The molecule has 0 aliphatic carbocycles. The van der Waals surface area contributed by atoms with Gasteiger partial charge in [0.25, 0.3) is 0 Å². The van der Waals surface area contributed by atoms with Gasteiger partial charge in [0.1, 0.15) is 0 Å². The lowest BCUT2D eigenvalue weighted by Gasteiger charge is -2.32. The molecule has 0 saturated carbocycles. The van der Waals surface area contributed by atoms with Crippen molar-refractivity contribution in [2.24, 2.45) is 0 Å². The molecule has 5 nitrogen and oxygen atoms in total. The van der Waals surface area contributed by atoms with Gasteiger partial charge in [0.05, 0.1) is 24.6 Å². The van der Waals surface area contributed by atoms with Crippen molar-refractivity contribution in [3.05, 3.63) is 28.8 Å². The molecule has 1 N–H and O–H groups in total. The lowest BCUT2D eigenvalue weighted by molar-refractivity contribution is 0.107. The normalized spacial score (nSPS) is 17.7. The van der Waals surface area contributed by atoms with Gasteiger partial charge < -0.3 is 10.0 Å². The summed E-state index contributed by atoms with van der Waals surface area (Å²) in [6, 6.07) is 3.97. The number of sulfonamides is 1. The van der Waals surface area contributed by atoms with Crippen LogP contribution in [0.15, 0.2) is 12.1 Å². The Kier molecular flexibility index (Phi) is 6.28. The minimum Gasteiger partial charge on any atom is -0.390 e. The summed E-state index contributed by atoms with van der Waals surface area (Å²) in [6.45, 7) is 8.43. The molecule has 1 aliphatic heterocycles. The molecule has 1 fully saturated rings. The van der Waals surface area contributed by atoms with E-state index in [0.29, 0.717) is 12.2 Å². The van der Waals surface area contributed by atoms with E-state index in [1.807, 2.05) is 32.9 Å². The molecule has 1 unspecified atom stereocenters. The minimum absolute atomic E-state index is 0.0973. The molecule has 1 saturated heterocycles. The molecular weight excluding hydrogens is 324 g/mol. The highest BCUT2D eigenvalue weighted by Crippen LogP contribution is 2.28. The third-order valence-electron chi connectivity index (χ3n) is 4.58. The highest BCUT2D eigenvalue weighted by molar-refractivity contribution is 7.92. The van der Waals surface area contributed by atoms with Crippen LogP contribution in [0.4, 0.5) is 5.69 Å². The SMILES string of the molecule is Cc1cc(C)c(N(CC(O)CN2CCCCC2)S(C)(=O)=O)c(C)c1. The zero-order valence-electron chi connectivity index (χ0n) is 15.2. The van der Waals surface area contributed by atoms with Gasteiger partial charge in [-0.2, -0.15) is 0 Å². The van der Waals surface area contributed by atoms with Crippen molar-refractivity contribution >= 4 is 15.7 Å². The molecule has 136 valence electrons. The van der Waals surface area contributed by atoms with E-state index in [9.17, 15) is 13.5 Å². The molecule has 24 heavy (non-hydrogen) atoms. The van der Waals surface area contributed by atoms with Crippen molar-refractivity contribution < 1.29 is 13.5 Å². The summed E-state index contributed by atoms with van der Waals surface area (Å²) in [4.78, 5) is 2.23. The first kappa shape index (κ1) is 19.2. The van der Waals surface area contributed by atoms with E-state index in [1.54, 1.807) is 0 Å². The van der Waals surface area contributed by atoms with E-state index in [0.717, 1.165) is 42.6 Å². The van der Waals surface area contributed by atoms with Crippen LogP contribution in [0.25, 0.3) is 0 Å². The maximum Gasteiger partial charge on any atom is 0.232 e. The van der Waals surface area contributed by atoms with Gasteiger partial charge >= 0.3 is 0 Å². The lowest BCUT2D eigenvalue weighted by Crippen LogP contribution is -2.44. The number of benzene rings is 1. The van der Waals surface area contributed by atoms with Gasteiger partial charge in [-0.25, -0.2) is 8.42 Å². The molecule has 6 heteroatoms. The number of piperidine rings is 1. The van der Waals surface area contributed by atoms with E-state index >= 15 is 0 Å². The van der Waals surface area contributed by atoms with E-state index in [1.165, 1.54) is 17.0 Å². The summed E-state index contributed by atoms with van der Waals surface area (Å²) in [7, 11) is -3.46. The molecular formula is C18H30N2O3S. The second-order valence-corrected chi connectivity index (χ2v) is 8.96. The largest absolute Gasteiger partial charge is 0.390 e. The van der Waals surface area contributed by atoms with Gasteiger partial charge in [-0.05, 0) is 57.8 Å². The lowest BCUT2D eigenvalue weighted by atomic mass is 10.0. The summed E-state index contributed by atoms with van der Waals surface area (Å²) in [6.07, 6.45) is 4.05. The van der Waals surface area contributed by atoms with E-state index in [4.69, 9.17) is 0 Å². The summed E-state index contributed by atoms with van der Waals surface area (Å²) in [5.41, 5.74) is 3.64. The monoisotopic (exact) mass is 354 g/mol. The minimum atomic E-state index is -3.46. The Bertz CT molecular complexity index is 644. The topological polar surface area (TPSA) is 60.9 Å². The van der Waals surface area contributed by atoms with E-state index in [-0.39, 0.29) is 6.54 Å². The number of aryl methyl sites for hydroxylation is 3. The Morgan fingerprint density at radius 1 is 1.12 bits per heavy atom. The first-order chi connectivity index (χ1) is 11.2. The third kappa shape index (κ3) is 4.94.